The van der Waals surface area contributed by atoms with E-state index >= 15 is 0 Å². The number of aromatic nitrogens is 2. The minimum absolute atomic E-state index is 0. The van der Waals surface area contributed by atoms with Gasteiger partial charge in [-0.3, -0.25) is 4.90 Å². The normalized spacial score (nSPS) is 26.8. The highest BCUT2D eigenvalue weighted by atomic mass is 35.5. The molecule has 2 aliphatic heterocycles. The van der Waals surface area contributed by atoms with Crippen molar-refractivity contribution in [2.75, 3.05) is 7.05 Å². The maximum atomic E-state index is 5.85. The van der Waals surface area contributed by atoms with Gasteiger partial charge in [0.2, 0.25) is 11.7 Å². The fourth-order valence-electron chi connectivity index (χ4n) is 5.03. The van der Waals surface area contributed by atoms with Gasteiger partial charge < -0.3 is 4.52 Å². The van der Waals surface area contributed by atoms with Gasteiger partial charge in [0.1, 0.15) is 0 Å². The van der Waals surface area contributed by atoms with Crippen LogP contribution < -0.4 is 0 Å². The quantitative estimate of drug-likeness (QED) is 0.611. The number of nitrogens with zero attached hydrogens (tertiary/aromatic N) is 3. The SMILES string of the molecule is Cc1ccc(C2CC3CCC([C@@H]2c2nc(-c4ccccc4)no2)N3C)cc1.Cl. The fraction of sp³-hybridized carbons (Fsp3) is 0.391. The van der Waals surface area contributed by atoms with E-state index < -0.39 is 0 Å². The van der Waals surface area contributed by atoms with Crippen molar-refractivity contribution in [3.63, 3.8) is 0 Å². The van der Waals surface area contributed by atoms with E-state index in [1.807, 2.05) is 30.3 Å². The predicted molar refractivity (Wildman–Crippen MR) is 113 cm³/mol. The smallest absolute Gasteiger partial charge is 0.232 e. The molecular weight excluding hydrogens is 370 g/mol. The molecule has 2 fully saturated rings. The summed E-state index contributed by atoms with van der Waals surface area (Å²) >= 11 is 0. The van der Waals surface area contributed by atoms with E-state index in [-0.39, 0.29) is 18.3 Å². The summed E-state index contributed by atoms with van der Waals surface area (Å²) in [5, 5.41) is 4.31. The molecule has 0 N–H and O–H groups in total. The third-order valence-corrected chi connectivity index (χ3v) is 6.53. The first kappa shape index (κ1) is 19.2. The van der Waals surface area contributed by atoms with E-state index in [2.05, 4.69) is 48.3 Å². The van der Waals surface area contributed by atoms with Gasteiger partial charge in [-0.1, -0.05) is 65.3 Å². The van der Waals surface area contributed by atoms with Crippen molar-refractivity contribution in [3.8, 4) is 11.4 Å². The van der Waals surface area contributed by atoms with Gasteiger partial charge in [0.05, 0.1) is 5.92 Å². The number of halogens is 1. The molecule has 2 bridgehead atoms. The summed E-state index contributed by atoms with van der Waals surface area (Å²) in [6.07, 6.45) is 3.63. The molecule has 2 aliphatic rings. The van der Waals surface area contributed by atoms with Gasteiger partial charge >= 0.3 is 0 Å². The van der Waals surface area contributed by atoms with Gasteiger partial charge in [-0.15, -0.1) is 12.4 Å². The third-order valence-electron chi connectivity index (χ3n) is 6.53. The Balaban J connectivity index is 0.00000192. The summed E-state index contributed by atoms with van der Waals surface area (Å²) in [5.74, 6) is 2.16. The minimum Gasteiger partial charge on any atom is -0.339 e. The average molecular weight is 396 g/mol. The van der Waals surface area contributed by atoms with E-state index in [1.54, 1.807) is 0 Å². The molecule has 146 valence electrons. The molecular formula is C23H26ClN3O. The maximum Gasteiger partial charge on any atom is 0.232 e. The molecule has 28 heavy (non-hydrogen) atoms. The molecule has 2 aromatic carbocycles. The van der Waals surface area contributed by atoms with Gasteiger partial charge in [0.15, 0.2) is 0 Å². The van der Waals surface area contributed by atoms with Crippen molar-refractivity contribution in [2.45, 2.75) is 50.1 Å². The van der Waals surface area contributed by atoms with Crippen LogP contribution in [0.15, 0.2) is 59.1 Å². The van der Waals surface area contributed by atoms with Crippen LogP contribution in [0, 0.1) is 6.92 Å². The summed E-state index contributed by atoms with van der Waals surface area (Å²) in [4.78, 5) is 7.39. The first-order valence-corrected chi connectivity index (χ1v) is 9.88. The second-order valence-corrected chi connectivity index (χ2v) is 8.06. The zero-order chi connectivity index (χ0) is 18.4. The molecule has 5 rings (SSSR count). The van der Waals surface area contributed by atoms with E-state index in [9.17, 15) is 0 Å². The number of hydrogen-bond donors (Lipinski definition) is 0. The number of rotatable bonds is 3. The van der Waals surface area contributed by atoms with Gasteiger partial charge in [0.25, 0.3) is 0 Å². The van der Waals surface area contributed by atoms with Crippen LogP contribution in [0.5, 0.6) is 0 Å². The first-order valence-electron chi connectivity index (χ1n) is 9.88. The van der Waals surface area contributed by atoms with Crippen LogP contribution in [0.2, 0.25) is 0 Å². The van der Waals surface area contributed by atoms with E-state index in [1.165, 1.54) is 24.0 Å². The first-order chi connectivity index (χ1) is 13.2. The van der Waals surface area contributed by atoms with Crippen LogP contribution in [0.25, 0.3) is 11.4 Å². The molecule has 0 amide bonds. The largest absolute Gasteiger partial charge is 0.339 e. The van der Waals surface area contributed by atoms with Crippen LogP contribution in [0.1, 0.15) is 48.1 Å². The Hall–Kier alpha value is -2.17. The Labute approximate surface area is 172 Å². The van der Waals surface area contributed by atoms with Gasteiger partial charge in [-0.25, -0.2) is 0 Å². The average Bonchev–Trinajstić information content (AvgIpc) is 3.26. The zero-order valence-electron chi connectivity index (χ0n) is 16.3. The molecule has 5 heteroatoms. The molecule has 2 saturated heterocycles. The number of hydrogen-bond acceptors (Lipinski definition) is 4. The lowest BCUT2D eigenvalue weighted by Crippen LogP contribution is -2.44. The van der Waals surface area contributed by atoms with Crippen molar-refractivity contribution in [3.05, 3.63) is 71.6 Å². The summed E-state index contributed by atoms with van der Waals surface area (Å²) < 4.78 is 5.85. The molecule has 0 saturated carbocycles. The van der Waals surface area contributed by atoms with Crippen molar-refractivity contribution < 1.29 is 4.52 Å². The van der Waals surface area contributed by atoms with E-state index in [0.717, 1.165) is 17.9 Å². The van der Waals surface area contributed by atoms with Gasteiger partial charge in [-0.2, -0.15) is 4.98 Å². The second-order valence-electron chi connectivity index (χ2n) is 8.06. The molecule has 4 nitrogen and oxygen atoms in total. The highest BCUT2D eigenvalue weighted by Gasteiger charge is 2.48. The van der Waals surface area contributed by atoms with Crippen LogP contribution in [0.3, 0.4) is 0 Å². The lowest BCUT2D eigenvalue weighted by Gasteiger charge is -2.41. The maximum absolute atomic E-state index is 5.85. The summed E-state index contributed by atoms with van der Waals surface area (Å²) in [6, 6.07) is 20.2. The Kier molecular flexibility index (Phi) is 5.26. The number of fused-ring (bicyclic) bond motifs is 2. The number of piperidine rings is 1. The van der Waals surface area contributed by atoms with Crippen LogP contribution >= 0.6 is 12.4 Å². The third kappa shape index (κ3) is 3.25. The Morgan fingerprint density at radius 3 is 2.50 bits per heavy atom. The van der Waals surface area contributed by atoms with Gasteiger partial charge in [-0.05, 0) is 44.7 Å². The highest BCUT2D eigenvalue weighted by molar-refractivity contribution is 5.85. The van der Waals surface area contributed by atoms with Crippen molar-refractivity contribution in [1.82, 2.24) is 15.0 Å². The summed E-state index contributed by atoms with van der Waals surface area (Å²) in [6.45, 7) is 2.14. The van der Waals surface area contributed by atoms with E-state index in [4.69, 9.17) is 9.51 Å². The molecule has 3 unspecified atom stereocenters. The molecule has 3 aromatic rings. The zero-order valence-corrected chi connectivity index (χ0v) is 17.1. The summed E-state index contributed by atoms with van der Waals surface area (Å²) in [7, 11) is 2.26. The lowest BCUT2D eigenvalue weighted by atomic mass is 9.76. The van der Waals surface area contributed by atoms with Crippen molar-refractivity contribution in [1.29, 1.82) is 0 Å². The minimum atomic E-state index is 0. The predicted octanol–water partition coefficient (Wildman–Crippen LogP) is 5.20. The number of aryl methyl sites for hydroxylation is 1. The monoisotopic (exact) mass is 395 g/mol. The topological polar surface area (TPSA) is 42.2 Å². The molecule has 0 aliphatic carbocycles. The molecule has 1 aromatic heterocycles. The number of benzene rings is 2. The highest BCUT2D eigenvalue weighted by Crippen LogP contribution is 2.50. The number of likely N-dealkylation sites (N-methyl/N-ethyl adjacent to an activating group) is 1. The Morgan fingerprint density at radius 1 is 1.00 bits per heavy atom. The van der Waals surface area contributed by atoms with Crippen LogP contribution in [0.4, 0.5) is 0 Å². The van der Waals surface area contributed by atoms with Gasteiger partial charge in [0, 0.05) is 17.6 Å². The molecule has 4 atom stereocenters. The van der Waals surface area contributed by atoms with Crippen molar-refractivity contribution in [2.24, 2.45) is 0 Å². The van der Waals surface area contributed by atoms with Crippen LogP contribution in [-0.2, 0) is 0 Å². The second kappa shape index (κ2) is 7.69. The molecule has 0 radical (unpaired) electrons. The van der Waals surface area contributed by atoms with E-state index in [0.29, 0.717) is 23.8 Å². The molecule has 0 spiro atoms. The lowest BCUT2D eigenvalue weighted by molar-refractivity contribution is 0.120. The van der Waals surface area contributed by atoms with Crippen molar-refractivity contribution >= 4 is 12.4 Å². The standard InChI is InChI=1S/C23H25N3O.ClH/c1-15-8-10-16(11-9-15)19-14-18-12-13-20(26(18)2)21(19)23-24-22(25-27-23)17-6-4-3-5-7-17;/h3-11,18-21H,12-14H2,1-2H3;1H/t18?,19?,20?,21-;/m1./s1. The Morgan fingerprint density at radius 2 is 1.75 bits per heavy atom. The Bertz CT molecular complexity index is 925. The molecule has 3 heterocycles. The fourth-order valence-corrected chi connectivity index (χ4v) is 5.03. The summed E-state index contributed by atoms with van der Waals surface area (Å²) in [5.41, 5.74) is 3.71. The van der Waals surface area contributed by atoms with Crippen LogP contribution in [-0.4, -0.2) is 34.2 Å².